The van der Waals surface area contributed by atoms with Crippen LogP contribution in [-0.2, 0) is 9.53 Å². The molecule has 1 fully saturated rings. The van der Waals surface area contributed by atoms with Crippen molar-refractivity contribution in [2.75, 3.05) is 13.2 Å². The zero-order valence-corrected chi connectivity index (χ0v) is 10.5. The van der Waals surface area contributed by atoms with E-state index in [1.807, 2.05) is 0 Å². The van der Waals surface area contributed by atoms with Crippen LogP contribution in [0.3, 0.4) is 0 Å². The predicted molar refractivity (Wildman–Crippen MR) is 69.7 cm³/mol. The normalized spacial score (nSPS) is 20.7. The van der Waals surface area contributed by atoms with Crippen molar-refractivity contribution in [2.24, 2.45) is 10.2 Å². The number of morpholine rings is 1. The molecule has 1 aromatic heterocycles. The molecule has 0 spiro atoms. The van der Waals surface area contributed by atoms with Gasteiger partial charge in [-0.05, 0) is 12.1 Å². The molecule has 0 unspecified atom stereocenters. The Kier molecular flexibility index (Phi) is 3.08. The number of ether oxygens (including phenoxy) is 1. The third-order valence-electron chi connectivity index (χ3n) is 2.81. The Morgan fingerprint density at radius 1 is 1.30 bits per heavy atom. The molecule has 2 heterocycles. The molecule has 0 amide bonds. The first-order valence-electron chi connectivity index (χ1n) is 6.07. The molecule has 1 saturated heterocycles. The molecule has 2 N–H and O–H groups in total. The Hall–Kier alpha value is -2.83. The van der Waals surface area contributed by atoms with Crippen molar-refractivity contribution in [3.8, 4) is 0 Å². The number of ketones is 1. The molecule has 20 heavy (non-hydrogen) atoms. The van der Waals surface area contributed by atoms with Crippen molar-refractivity contribution >= 4 is 11.5 Å². The van der Waals surface area contributed by atoms with Gasteiger partial charge in [0, 0.05) is 24.9 Å². The highest BCUT2D eigenvalue weighted by molar-refractivity contribution is 6.49. The van der Waals surface area contributed by atoms with E-state index in [0.717, 1.165) is 4.73 Å². The molecule has 1 aromatic rings. The van der Waals surface area contributed by atoms with Gasteiger partial charge in [-0.1, -0.05) is 6.07 Å². The Morgan fingerprint density at radius 3 is 3.05 bits per heavy atom. The molecule has 0 bridgehead atoms. The van der Waals surface area contributed by atoms with Gasteiger partial charge >= 0.3 is 0 Å². The summed E-state index contributed by atoms with van der Waals surface area (Å²) in [6.07, 6.45) is 4.39. The average Bonchev–Trinajstić information content (AvgIpc) is 2.46. The molecular formula is C13H12N4O3. The van der Waals surface area contributed by atoms with Gasteiger partial charge in [-0.15, -0.1) is 10.2 Å². The molecule has 7 heteroatoms. The summed E-state index contributed by atoms with van der Waals surface area (Å²) in [6.45, 7) is 1.21. The number of aromatic nitrogens is 1. The van der Waals surface area contributed by atoms with Gasteiger partial charge in [0.2, 0.25) is 5.78 Å². The van der Waals surface area contributed by atoms with Crippen molar-refractivity contribution in [2.45, 2.75) is 0 Å². The fourth-order valence-corrected chi connectivity index (χ4v) is 1.84. The maximum atomic E-state index is 11.9. The van der Waals surface area contributed by atoms with E-state index in [9.17, 15) is 10.0 Å². The summed E-state index contributed by atoms with van der Waals surface area (Å²) >= 11 is 0. The van der Waals surface area contributed by atoms with Gasteiger partial charge < -0.3 is 15.3 Å². The zero-order valence-electron chi connectivity index (χ0n) is 10.5. The number of nitrogens with one attached hydrogen (secondary N) is 1. The second-order valence-electron chi connectivity index (χ2n) is 4.19. The second-order valence-corrected chi connectivity index (χ2v) is 4.19. The van der Waals surface area contributed by atoms with E-state index in [0.29, 0.717) is 24.6 Å². The van der Waals surface area contributed by atoms with Gasteiger partial charge in [0.15, 0.2) is 5.49 Å². The Morgan fingerprint density at radius 2 is 2.20 bits per heavy atom. The Balaban J connectivity index is 1.95. The zero-order chi connectivity index (χ0) is 13.9. The molecule has 7 nitrogen and oxygen atoms in total. The van der Waals surface area contributed by atoms with Gasteiger partial charge in [-0.3, -0.25) is 4.79 Å². The number of nitrogens with zero attached hydrogens (tertiary/aromatic N) is 3. The van der Waals surface area contributed by atoms with Gasteiger partial charge in [0.1, 0.15) is 18.1 Å². The number of hydrogen-bond donors (Lipinski definition) is 2. The largest absolute Gasteiger partial charge is 0.490 e. The lowest BCUT2D eigenvalue weighted by Crippen LogP contribution is -2.31. The summed E-state index contributed by atoms with van der Waals surface area (Å²) in [5.41, 5.74) is 1.05. The SMILES string of the molecule is O=C1C=C2NCCOC2=C/C1=N\N=c1/ccccn1O. The van der Waals surface area contributed by atoms with E-state index >= 15 is 0 Å². The number of pyridine rings is 1. The minimum atomic E-state index is -0.258. The van der Waals surface area contributed by atoms with Crippen molar-refractivity contribution in [1.29, 1.82) is 0 Å². The van der Waals surface area contributed by atoms with Crippen LogP contribution in [0.4, 0.5) is 0 Å². The number of carbonyl (C=O) groups is 1. The highest BCUT2D eigenvalue weighted by Crippen LogP contribution is 2.17. The first kappa shape index (κ1) is 12.2. The smallest absolute Gasteiger partial charge is 0.208 e. The number of hydrogen-bond acceptors (Lipinski definition) is 6. The van der Waals surface area contributed by atoms with Crippen molar-refractivity contribution in [3.05, 3.63) is 53.5 Å². The van der Waals surface area contributed by atoms with E-state index in [4.69, 9.17) is 4.74 Å². The monoisotopic (exact) mass is 272 g/mol. The maximum Gasteiger partial charge on any atom is 0.208 e. The molecule has 102 valence electrons. The lowest BCUT2D eigenvalue weighted by molar-refractivity contribution is -0.109. The lowest BCUT2D eigenvalue weighted by Gasteiger charge is -2.23. The van der Waals surface area contributed by atoms with E-state index in [2.05, 4.69) is 15.5 Å². The van der Waals surface area contributed by atoms with Gasteiger partial charge in [0.05, 0.1) is 5.70 Å². The molecule has 0 saturated carbocycles. The highest BCUT2D eigenvalue weighted by atomic mass is 16.5. The molecule has 1 aliphatic heterocycles. The van der Waals surface area contributed by atoms with E-state index in [-0.39, 0.29) is 17.0 Å². The topological polar surface area (TPSA) is 88.2 Å². The lowest BCUT2D eigenvalue weighted by atomic mass is 10.1. The molecule has 1 aliphatic carbocycles. The summed E-state index contributed by atoms with van der Waals surface area (Å²) in [4.78, 5) is 11.9. The van der Waals surface area contributed by atoms with Crippen molar-refractivity contribution in [1.82, 2.24) is 10.0 Å². The van der Waals surface area contributed by atoms with Crippen LogP contribution in [0.15, 0.2) is 58.2 Å². The van der Waals surface area contributed by atoms with Crippen molar-refractivity contribution in [3.63, 3.8) is 0 Å². The summed E-state index contributed by atoms with van der Waals surface area (Å²) in [5, 5.41) is 20.3. The summed E-state index contributed by atoms with van der Waals surface area (Å²) < 4.78 is 6.26. The standard InChI is InChI=1S/C13H12N4O3/c18-11-7-10-12(20-6-4-14-10)8-9(11)15-16-13-3-1-2-5-17(13)19/h1-3,5,7-8,14,19H,4,6H2/b15-9+,16-13+. The van der Waals surface area contributed by atoms with Crippen LogP contribution in [0, 0.1) is 0 Å². The Bertz CT molecular complexity index is 712. The van der Waals surface area contributed by atoms with Crippen LogP contribution < -0.4 is 10.8 Å². The highest BCUT2D eigenvalue weighted by Gasteiger charge is 2.22. The van der Waals surface area contributed by atoms with Crippen LogP contribution in [0.1, 0.15) is 0 Å². The predicted octanol–water partition coefficient (Wildman–Crippen LogP) is -0.0476. The van der Waals surface area contributed by atoms with Crippen LogP contribution in [0.5, 0.6) is 0 Å². The summed E-state index contributed by atoms with van der Waals surface area (Å²) in [6, 6.07) is 4.93. The fourth-order valence-electron chi connectivity index (χ4n) is 1.84. The van der Waals surface area contributed by atoms with E-state index in [1.54, 1.807) is 18.2 Å². The van der Waals surface area contributed by atoms with Crippen LogP contribution in [-0.4, -0.2) is 34.6 Å². The molecule has 0 atom stereocenters. The van der Waals surface area contributed by atoms with Crippen molar-refractivity contribution < 1.29 is 14.7 Å². The number of fused-ring (bicyclic) bond motifs is 1. The third-order valence-corrected chi connectivity index (χ3v) is 2.81. The quantitative estimate of drug-likeness (QED) is 0.426. The van der Waals surface area contributed by atoms with E-state index in [1.165, 1.54) is 18.3 Å². The second kappa shape index (κ2) is 5.04. The molecule has 2 aliphatic rings. The summed E-state index contributed by atoms with van der Waals surface area (Å²) in [7, 11) is 0. The molecule has 3 rings (SSSR count). The third kappa shape index (κ3) is 2.33. The first-order chi connectivity index (χ1) is 9.74. The molecule has 0 radical (unpaired) electrons. The van der Waals surface area contributed by atoms with E-state index < -0.39 is 0 Å². The number of rotatable bonds is 1. The maximum absolute atomic E-state index is 11.9. The molecular weight excluding hydrogens is 260 g/mol. The minimum Gasteiger partial charge on any atom is -0.490 e. The van der Waals surface area contributed by atoms with Crippen LogP contribution in [0.2, 0.25) is 0 Å². The first-order valence-corrected chi connectivity index (χ1v) is 6.07. The van der Waals surface area contributed by atoms with Gasteiger partial charge in [-0.2, -0.15) is 4.73 Å². The van der Waals surface area contributed by atoms with Crippen LogP contribution >= 0.6 is 0 Å². The minimum absolute atomic E-state index is 0.163. The average molecular weight is 272 g/mol. The van der Waals surface area contributed by atoms with Gasteiger partial charge in [-0.25, -0.2) is 0 Å². The Labute approximate surface area is 114 Å². The summed E-state index contributed by atoms with van der Waals surface area (Å²) in [5.74, 6) is 0.320. The number of carbonyl (C=O) groups excluding carboxylic acids is 1. The van der Waals surface area contributed by atoms with Crippen LogP contribution in [0.25, 0.3) is 0 Å². The fraction of sp³-hybridized carbons (Fsp3) is 0.154. The molecule has 0 aromatic carbocycles. The van der Waals surface area contributed by atoms with Gasteiger partial charge in [0.25, 0.3) is 0 Å². The number of allylic oxidation sites excluding steroid dienone is 2.